The van der Waals surface area contributed by atoms with Crippen LogP contribution in [-0.2, 0) is 0 Å². The Morgan fingerprint density at radius 1 is 0.294 bits per heavy atom. The minimum atomic E-state index is 0.230. The molecule has 3 nitrogen and oxygen atoms in total. The van der Waals surface area contributed by atoms with E-state index in [2.05, 4.69) is 139 Å². The van der Waals surface area contributed by atoms with Crippen molar-refractivity contribution in [2.45, 2.75) is 131 Å². The molecule has 3 heteroatoms. The van der Waals surface area contributed by atoms with E-state index in [9.17, 15) is 0 Å². The van der Waals surface area contributed by atoms with Crippen molar-refractivity contribution in [2.24, 2.45) is 32.5 Å². The van der Waals surface area contributed by atoms with Gasteiger partial charge in [0.1, 0.15) is 6.29 Å². The summed E-state index contributed by atoms with van der Waals surface area (Å²) in [5.41, 5.74) is 1.38. The highest BCUT2D eigenvalue weighted by molar-refractivity contribution is 4.88. The molecule has 0 saturated heterocycles. The molecule has 0 unspecified atom stereocenters. The molecule has 0 heterocycles. The van der Waals surface area contributed by atoms with E-state index in [-0.39, 0.29) is 38.8 Å². The van der Waals surface area contributed by atoms with Crippen LogP contribution >= 0.6 is 0 Å². The Bertz CT molecular complexity index is 446. The Labute approximate surface area is 217 Å². The van der Waals surface area contributed by atoms with Crippen molar-refractivity contribution in [3.8, 4) is 0 Å². The Morgan fingerprint density at radius 3 is 0.500 bits per heavy atom. The van der Waals surface area contributed by atoms with E-state index in [0.29, 0.717) is 0 Å². The molecular weight excluding hydrogens is 414 g/mol. The van der Waals surface area contributed by atoms with Crippen LogP contribution in [0.4, 0.5) is 0 Å². The van der Waals surface area contributed by atoms with Crippen LogP contribution in [0.1, 0.15) is 125 Å². The van der Waals surface area contributed by atoms with E-state index in [1.807, 2.05) is 0 Å². The Kier molecular flexibility index (Phi) is 11.5. The fourth-order valence-corrected chi connectivity index (χ4v) is 5.01. The topological polar surface area (TPSA) is 9.72 Å². The van der Waals surface area contributed by atoms with Gasteiger partial charge in [0, 0.05) is 39.3 Å². The van der Waals surface area contributed by atoms with Crippen molar-refractivity contribution >= 4 is 0 Å². The van der Waals surface area contributed by atoms with E-state index in [0.717, 1.165) is 39.3 Å². The van der Waals surface area contributed by atoms with Gasteiger partial charge in [-0.25, -0.2) is 0 Å². The maximum absolute atomic E-state index is 2.83. The van der Waals surface area contributed by atoms with Gasteiger partial charge in [-0.2, -0.15) is 0 Å². The third kappa shape index (κ3) is 17.3. The van der Waals surface area contributed by atoms with Crippen LogP contribution in [0.5, 0.6) is 0 Å². The molecule has 0 N–H and O–H groups in total. The fraction of sp³-hybridized carbons (Fsp3) is 1.00. The molecule has 0 aromatic rings. The van der Waals surface area contributed by atoms with Gasteiger partial charge in [0.25, 0.3) is 0 Å². The molecule has 0 aliphatic carbocycles. The summed E-state index contributed by atoms with van der Waals surface area (Å²) in [6.45, 7) is 49.7. The van der Waals surface area contributed by atoms with Crippen molar-refractivity contribution in [2.75, 3.05) is 39.3 Å². The van der Waals surface area contributed by atoms with Gasteiger partial charge in [-0.15, -0.1) is 0 Å². The summed E-state index contributed by atoms with van der Waals surface area (Å²) >= 11 is 0. The second-order valence-corrected chi connectivity index (χ2v) is 18.4. The number of rotatable bonds is 9. The second kappa shape index (κ2) is 11.5. The van der Waals surface area contributed by atoms with Crippen molar-refractivity contribution in [3.63, 3.8) is 0 Å². The predicted octanol–water partition coefficient (Wildman–Crippen LogP) is 8.45. The summed E-state index contributed by atoms with van der Waals surface area (Å²) in [4.78, 5) is 8.48. The van der Waals surface area contributed by atoms with Crippen molar-refractivity contribution < 1.29 is 0 Å². The van der Waals surface area contributed by atoms with Gasteiger partial charge in [0.2, 0.25) is 0 Å². The average Bonchev–Trinajstić information content (AvgIpc) is 2.35. The van der Waals surface area contributed by atoms with Crippen LogP contribution in [0.2, 0.25) is 0 Å². The van der Waals surface area contributed by atoms with E-state index >= 15 is 0 Å². The van der Waals surface area contributed by atoms with E-state index in [1.165, 1.54) is 0 Å². The lowest BCUT2D eigenvalue weighted by Crippen LogP contribution is -2.65. The quantitative estimate of drug-likeness (QED) is 0.306. The zero-order chi connectivity index (χ0) is 27.6. The maximum Gasteiger partial charge on any atom is 0.119 e. The zero-order valence-electron chi connectivity index (χ0n) is 27.2. The number of nitrogens with zero attached hydrogens (tertiary/aromatic N) is 3. The van der Waals surface area contributed by atoms with Gasteiger partial charge in [-0.05, 0) is 32.5 Å². The van der Waals surface area contributed by atoms with Crippen LogP contribution in [0.25, 0.3) is 0 Å². The fourth-order valence-electron chi connectivity index (χ4n) is 5.01. The molecule has 0 aliphatic heterocycles. The first kappa shape index (κ1) is 33.9. The van der Waals surface area contributed by atoms with Gasteiger partial charge in [-0.3, -0.25) is 14.7 Å². The standard InChI is InChI=1S/C31H67N3/c1-26(2,3)19-32(20-27(4,5)6)25(33(21-28(7,8)9)22-29(10,11)12)34(23-30(13,14)15)24-31(16,17)18/h25H,19-24H2,1-18H3. The second-order valence-electron chi connectivity index (χ2n) is 18.4. The monoisotopic (exact) mass is 482 g/mol. The van der Waals surface area contributed by atoms with Gasteiger partial charge in [0.15, 0.2) is 0 Å². The molecule has 0 fully saturated rings. The summed E-state index contributed by atoms with van der Waals surface area (Å²) in [6.07, 6.45) is 0.273. The molecule has 0 aliphatic rings. The van der Waals surface area contributed by atoms with Crippen molar-refractivity contribution in [1.82, 2.24) is 14.7 Å². The number of hydrogen-bond donors (Lipinski definition) is 0. The smallest absolute Gasteiger partial charge is 0.119 e. The van der Waals surface area contributed by atoms with E-state index < -0.39 is 0 Å². The molecule has 0 spiro atoms. The molecule has 0 saturated carbocycles. The molecule has 0 amide bonds. The Balaban J connectivity index is 6.98. The highest BCUT2D eigenvalue weighted by Crippen LogP contribution is 2.33. The molecule has 0 rings (SSSR count). The van der Waals surface area contributed by atoms with Crippen molar-refractivity contribution in [1.29, 1.82) is 0 Å². The molecule has 0 aromatic carbocycles. The minimum Gasteiger partial charge on any atom is -0.274 e. The maximum atomic E-state index is 2.83. The summed E-state index contributed by atoms with van der Waals surface area (Å²) in [5.74, 6) is 0. The first-order chi connectivity index (χ1) is 14.6. The summed E-state index contributed by atoms with van der Waals surface area (Å²) in [5, 5.41) is 0. The van der Waals surface area contributed by atoms with Crippen LogP contribution in [0.15, 0.2) is 0 Å². The third-order valence-electron chi connectivity index (χ3n) is 5.04. The van der Waals surface area contributed by atoms with Crippen LogP contribution in [0.3, 0.4) is 0 Å². The molecule has 34 heavy (non-hydrogen) atoms. The number of hydrogen-bond acceptors (Lipinski definition) is 3. The lowest BCUT2D eigenvalue weighted by molar-refractivity contribution is -0.127. The molecule has 206 valence electrons. The highest BCUT2D eigenvalue weighted by Gasteiger charge is 2.40. The van der Waals surface area contributed by atoms with Crippen LogP contribution in [-0.4, -0.2) is 60.3 Å². The van der Waals surface area contributed by atoms with Crippen LogP contribution < -0.4 is 0 Å². The molecule has 0 radical (unpaired) electrons. The van der Waals surface area contributed by atoms with Gasteiger partial charge >= 0.3 is 0 Å². The minimum absolute atomic E-state index is 0.230. The Hall–Kier alpha value is -0.120. The summed E-state index contributed by atoms with van der Waals surface area (Å²) < 4.78 is 0. The lowest BCUT2D eigenvalue weighted by atomic mass is 9.89. The zero-order valence-corrected chi connectivity index (χ0v) is 27.2. The lowest BCUT2D eigenvalue weighted by Gasteiger charge is -2.53. The first-order valence-corrected chi connectivity index (χ1v) is 13.8. The largest absolute Gasteiger partial charge is 0.274 e. The van der Waals surface area contributed by atoms with Gasteiger partial charge in [0.05, 0.1) is 0 Å². The Morgan fingerprint density at radius 2 is 0.412 bits per heavy atom. The summed E-state index contributed by atoms with van der Waals surface area (Å²) in [7, 11) is 0. The van der Waals surface area contributed by atoms with Crippen molar-refractivity contribution in [3.05, 3.63) is 0 Å². The normalized spacial score (nSPS) is 15.4. The summed E-state index contributed by atoms with van der Waals surface area (Å²) in [6, 6.07) is 0. The van der Waals surface area contributed by atoms with E-state index in [1.54, 1.807) is 0 Å². The van der Waals surface area contributed by atoms with Gasteiger partial charge < -0.3 is 0 Å². The highest BCUT2D eigenvalue weighted by atomic mass is 15.5. The predicted molar refractivity (Wildman–Crippen MR) is 155 cm³/mol. The van der Waals surface area contributed by atoms with Crippen LogP contribution in [0, 0.1) is 32.5 Å². The molecule has 0 aromatic heterocycles. The third-order valence-corrected chi connectivity index (χ3v) is 5.04. The van der Waals surface area contributed by atoms with Gasteiger partial charge in [-0.1, -0.05) is 125 Å². The first-order valence-electron chi connectivity index (χ1n) is 13.8. The average molecular weight is 482 g/mol. The molecular formula is C31H67N3. The molecule has 0 atom stereocenters. The SMILES string of the molecule is CC(C)(C)CN(CC(C)(C)C)C(N(CC(C)(C)C)CC(C)(C)C)N(CC(C)(C)C)CC(C)(C)C. The molecule has 0 bridgehead atoms. The van der Waals surface area contributed by atoms with E-state index in [4.69, 9.17) is 0 Å².